The fourth-order valence-electron chi connectivity index (χ4n) is 4.31. The second kappa shape index (κ2) is 10.5. The van der Waals surface area contributed by atoms with Gasteiger partial charge in [0.25, 0.3) is 0 Å². The van der Waals surface area contributed by atoms with Crippen molar-refractivity contribution in [2.75, 3.05) is 11.4 Å². The van der Waals surface area contributed by atoms with Gasteiger partial charge < -0.3 is 15.2 Å². The summed E-state index contributed by atoms with van der Waals surface area (Å²) in [5, 5.41) is 12.7. The van der Waals surface area contributed by atoms with E-state index >= 15 is 0 Å². The van der Waals surface area contributed by atoms with Crippen LogP contribution in [0.5, 0.6) is 0 Å². The topological polar surface area (TPSA) is 109 Å². The number of halogens is 6. The van der Waals surface area contributed by atoms with Gasteiger partial charge in [0.2, 0.25) is 11.8 Å². The summed E-state index contributed by atoms with van der Waals surface area (Å²) in [7, 11) is 0. The minimum atomic E-state index is -4.92. The van der Waals surface area contributed by atoms with Crippen molar-refractivity contribution in [3.8, 4) is 6.07 Å². The lowest BCUT2D eigenvalue weighted by molar-refractivity contribution is -0.137. The van der Waals surface area contributed by atoms with E-state index in [1.165, 1.54) is 6.07 Å². The minimum Gasteiger partial charge on any atom is -0.370 e. The molecule has 13 heteroatoms. The maximum absolute atomic E-state index is 13.3. The molecule has 1 aromatic carbocycles. The molecule has 1 aliphatic rings. The minimum absolute atomic E-state index is 0.110. The van der Waals surface area contributed by atoms with Gasteiger partial charge in [0.05, 0.1) is 23.7 Å². The number of nitrogens with two attached hydrogens (primary N) is 1. The number of benzene rings is 1. The van der Waals surface area contributed by atoms with Crippen molar-refractivity contribution >= 4 is 11.6 Å². The van der Waals surface area contributed by atoms with Crippen LogP contribution in [0, 0.1) is 17.2 Å². The van der Waals surface area contributed by atoms with Crippen molar-refractivity contribution in [3.63, 3.8) is 0 Å². The summed E-state index contributed by atoms with van der Waals surface area (Å²) < 4.78 is 84.9. The molecule has 3 rings (SSSR count). The SMILES string of the molecule is N#Cc1ccc(N(Cc2noc(C3CCCC(CCC(N)=O)C3)n2)CC(F)(F)F)cc1C(F)(F)F. The highest BCUT2D eigenvalue weighted by molar-refractivity contribution is 5.73. The van der Waals surface area contributed by atoms with Crippen LogP contribution in [0.4, 0.5) is 32.0 Å². The first-order valence-corrected chi connectivity index (χ1v) is 10.9. The van der Waals surface area contributed by atoms with Crippen LogP contribution in [0.1, 0.15) is 67.3 Å². The van der Waals surface area contributed by atoms with E-state index in [9.17, 15) is 31.1 Å². The zero-order valence-electron chi connectivity index (χ0n) is 18.5. The Morgan fingerprint density at radius 1 is 1.23 bits per heavy atom. The van der Waals surface area contributed by atoms with Crippen LogP contribution in [-0.2, 0) is 17.5 Å². The van der Waals surface area contributed by atoms with Gasteiger partial charge in [-0.2, -0.15) is 36.6 Å². The molecule has 1 heterocycles. The number of carbonyl (C=O) groups is 1. The molecule has 7 nitrogen and oxygen atoms in total. The summed E-state index contributed by atoms with van der Waals surface area (Å²) in [4.78, 5) is 15.9. The monoisotopic (exact) mass is 503 g/mol. The van der Waals surface area contributed by atoms with E-state index in [4.69, 9.17) is 15.5 Å². The average Bonchev–Trinajstić information content (AvgIpc) is 3.24. The maximum Gasteiger partial charge on any atom is 0.417 e. The Morgan fingerprint density at radius 3 is 2.60 bits per heavy atom. The third kappa shape index (κ3) is 7.34. The van der Waals surface area contributed by atoms with E-state index in [0.717, 1.165) is 31.4 Å². The first-order valence-electron chi connectivity index (χ1n) is 10.9. The average molecular weight is 503 g/mol. The molecule has 190 valence electrons. The van der Waals surface area contributed by atoms with Gasteiger partial charge in [0.15, 0.2) is 5.82 Å². The normalized spacial score (nSPS) is 18.8. The molecule has 2 N–H and O–H groups in total. The molecular weight excluding hydrogens is 480 g/mol. The number of primary amides is 1. The van der Waals surface area contributed by atoms with Gasteiger partial charge in [-0.15, -0.1) is 0 Å². The number of amides is 1. The van der Waals surface area contributed by atoms with Crippen LogP contribution in [0.25, 0.3) is 0 Å². The Labute approximate surface area is 196 Å². The summed E-state index contributed by atoms with van der Waals surface area (Å²) in [6, 6.07) is 3.76. The summed E-state index contributed by atoms with van der Waals surface area (Å²) in [5.74, 6) is -0.176. The number of aromatic nitrogens is 2. The molecule has 0 spiro atoms. The lowest BCUT2D eigenvalue weighted by atomic mass is 9.79. The Kier molecular flexibility index (Phi) is 7.92. The molecule has 1 aliphatic carbocycles. The van der Waals surface area contributed by atoms with Crippen molar-refractivity contribution in [3.05, 3.63) is 41.0 Å². The lowest BCUT2D eigenvalue weighted by Crippen LogP contribution is -2.34. The van der Waals surface area contributed by atoms with Crippen molar-refractivity contribution in [1.82, 2.24) is 10.1 Å². The van der Waals surface area contributed by atoms with Crippen LogP contribution >= 0.6 is 0 Å². The van der Waals surface area contributed by atoms with E-state index in [2.05, 4.69) is 10.1 Å². The molecule has 0 bridgehead atoms. The van der Waals surface area contributed by atoms with Gasteiger partial charge >= 0.3 is 12.4 Å². The zero-order valence-corrected chi connectivity index (χ0v) is 18.5. The molecule has 2 unspecified atom stereocenters. The molecule has 2 aromatic rings. The standard InChI is InChI=1S/C22H23F6N5O2/c23-21(24,25)12-33(16-6-5-15(10-29)17(9-16)22(26,27)28)11-19-31-20(35-32-19)14-3-1-2-13(8-14)4-7-18(30)34/h5-6,9,13-14H,1-4,7-8,11-12H2,(H2,30,34). The van der Waals surface area contributed by atoms with E-state index in [1.54, 1.807) is 0 Å². The summed E-state index contributed by atoms with van der Waals surface area (Å²) in [6.45, 7) is -2.11. The van der Waals surface area contributed by atoms with Crippen LogP contribution in [0.15, 0.2) is 22.7 Å². The molecule has 0 aliphatic heterocycles. The van der Waals surface area contributed by atoms with Crippen molar-refractivity contribution < 1.29 is 35.7 Å². The van der Waals surface area contributed by atoms with Crippen molar-refractivity contribution in [1.29, 1.82) is 5.26 Å². The third-order valence-electron chi connectivity index (χ3n) is 5.91. The molecule has 0 radical (unpaired) electrons. The Balaban J connectivity index is 1.81. The lowest BCUT2D eigenvalue weighted by Gasteiger charge is -2.26. The Hall–Kier alpha value is -3.30. The zero-order chi connectivity index (χ0) is 25.8. The fraction of sp³-hybridized carbons (Fsp3) is 0.545. The summed E-state index contributed by atoms with van der Waals surface area (Å²) in [6.07, 6.45) is -5.64. The summed E-state index contributed by atoms with van der Waals surface area (Å²) in [5.41, 5.74) is 2.79. The first-order chi connectivity index (χ1) is 16.4. The summed E-state index contributed by atoms with van der Waals surface area (Å²) >= 11 is 0. The molecule has 35 heavy (non-hydrogen) atoms. The predicted octanol–water partition coefficient (Wildman–Crippen LogP) is 5.07. The quantitative estimate of drug-likeness (QED) is 0.504. The molecule has 1 amide bonds. The fourth-order valence-corrected chi connectivity index (χ4v) is 4.31. The van der Waals surface area contributed by atoms with E-state index in [0.29, 0.717) is 23.8 Å². The van der Waals surface area contributed by atoms with Gasteiger partial charge in [-0.05, 0) is 43.4 Å². The highest BCUT2D eigenvalue weighted by Gasteiger charge is 2.36. The van der Waals surface area contributed by atoms with Crippen LogP contribution in [-0.4, -0.2) is 28.8 Å². The van der Waals surface area contributed by atoms with E-state index in [1.807, 2.05) is 0 Å². The van der Waals surface area contributed by atoms with Gasteiger partial charge in [-0.25, -0.2) is 0 Å². The van der Waals surface area contributed by atoms with Crippen LogP contribution in [0.2, 0.25) is 0 Å². The Morgan fingerprint density at radius 2 is 1.97 bits per heavy atom. The molecular formula is C22H23F6N5O2. The predicted molar refractivity (Wildman–Crippen MR) is 111 cm³/mol. The maximum atomic E-state index is 13.3. The molecule has 1 saturated carbocycles. The van der Waals surface area contributed by atoms with Gasteiger partial charge in [0, 0.05) is 18.0 Å². The number of alkyl halides is 6. The largest absolute Gasteiger partial charge is 0.417 e. The van der Waals surface area contributed by atoms with Crippen molar-refractivity contribution in [2.24, 2.45) is 11.7 Å². The number of carbonyl (C=O) groups excluding carboxylic acids is 1. The van der Waals surface area contributed by atoms with Gasteiger partial charge in [-0.3, -0.25) is 4.79 Å². The Bertz CT molecular complexity index is 1080. The third-order valence-corrected chi connectivity index (χ3v) is 5.91. The second-order valence-electron chi connectivity index (χ2n) is 8.59. The van der Waals surface area contributed by atoms with Gasteiger partial charge in [0.1, 0.15) is 6.54 Å². The molecule has 1 fully saturated rings. The smallest absolute Gasteiger partial charge is 0.370 e. The van der Waals surface area contributed by atoms with Gasteiger partial charge in [-0.1, -0.05) is 18.0 Å². The van der Waals surface area contributed by atoms with E-state index in [-0.39, 0.29) is 35.7 Å². The van der Waals surface area contributed by atoms with Crippen LogP contribution < -0.4 is 10.6 Å². The first kappa shape index (κ1) is 26.3. The van der Waals surface area contributed by atoms with Crippen LogP contribution in [0.3, 0.4) is 0 Å². The molecule has 2 atom stereocenters. The van der Waals surface area contributed by atoms with E-state index < -0.39 is 42.5 Å². The number of nitrogens with zero attached hydrogens (tertiary/aromatic N) is 4. The number of hydrogen-bond donors (Lipinski definition) is 1. The second-order valence-corrected chi connectivity index (χ2v) is 8.59. The molecule has 1 aromatic heterocycles. The number of hydrogen-bond acceptors (Lipinski definition) is 6. The number of nitriles is 1. The molecule has 0 saturated heterocycles. The highest BCUT2D eigenvalue weighted by Crippen LogP contribution is 2.38. The van der Waals surface area contributed by atoms with Crippen molar-refractivity contribution in [2.45, 2.75) is 63.3 Å². The highest BCUT2D eigenvalue weighted by atomic mass is 19.4. The number of anilines is 1. The number of rotatable bonds is 8.